The van der Waals surface area contributed by atoms with E-state index in [0.717, 1.165) is 5.56 Å². The molecule has 0 aliphatic rings. The molecule has 1 rings (SSSR count). The predicted molar refractivity (Wildman–Crippen MR) is 75.7 cm³/mol. The fourth-order valence-electron chi connectivity index (χ4n) is 2.15. The molecule has 0 aromatic heterocycles. The summed E-state index contributed by atoms with van der Waals surface area (Å²) in [7, 11) is 0. The van der Waals surface area contributed by atoms with Crippen molar-refractivity contribution in [3.63, 3.8) is 0 Å². The van der Waals surface area contributed by atoms with Gasteiger partial charge in [-0.1, -0.05) is 37.5 Å². The van der Waals surface area contributed by atoms with Crippen LogP contribution in [-0.2, 0) is 0 Å². The normalized spacial score (nSPS) is 14.5. The summed E-state index contributed by atoms with van der Waals surface area (Å²) < 4.78 is 95.5. The molecule has 0 spiro atoms. The molecular formula is C16H19F7O. The van der Waals surface area contributed by atoms with Gasteiger partial charge in [-0.2, -0.15) is 26.3 Å². The van der Waals surface area contributed by atoms with Gasteiger partial charge in [-0.15, -0.1) is 0 Å². The minimum Gasteiger partial charge on any atom is -0.490 e. The Morgan fingerprint density at radius 1 is 0.917 bits per heavy atom. The fraction of sp³-hybridized carbons (Fsp3) is 0.625. The van der Waals surface area contributed by atoms with Gasteiger partial charge in [0.2, 0.25) is 0 Å². The van der Waals surface area contributed by atoms with Crippen LogP contribution in [0.4, 0.5) is 30.7 Å². The fourth-order valence-corrected chi connectivity index (χ4v) is 2.15. The van der Waals surface area contributed by atoms with Gasteiger partial charge < -0.3 is 4.74 Å². The molecule has 1 aromatic carbocycles. The van der Waals surface area contributed by atoms with E-state index in [-0.39, 0.29) is 12.2 Å². The average molecular weight is 360 g/mol. The van der Waals surface area contributed by atoms with Crippen LogP contribution in [0.25, 0.3) is 0 Å². The average Bonchev–Trinajstić information content (AvgIpc) is 2.44. The van der Waals surface area contributed by atoms with E-state index >= 15 is 0 Å². The Kier molecular flexibility index (Phi) is 6.52. The minimum atomic E-state index is -6.06. The van der Waals surface area contributed by atoms with Crippen molar-refractivity contribution in [1.29, 1.82) is 0 Å². The van der Waals surface area contributed by atoms with Gasteiger partial charge in [-0.3, -0.25) is 0 Å². The molecule has 24 heavy (non-hydrogen) atoms. The highest BCUT2D eigenvalue weighted by molar-refractivity contribution is 5.26. The first-order chi connectivity index (χ1) is 10.9. The van der Waals surface area contributed by atoms with Crippen molar-refractivity contribution >= 4 is 0 Å². The molecule has 0 bridgehead atoms. The van der Waals surface area contributed by atoms with E-state index in [2.05, 4.69) is 0 Å². The lowest BCUT2D eigenvalue weighted by atomic mass is 9.94. The summed E-state index contributed by atoms with van der Waals surface area (Å²) >= 11 is 0. The van der Waals surface area contributed by atoms with Crippen LogP contribution in [0, 0.1) is 6.92 Å². The monoisotopic (exact) mass is 360 g/mol. The van der Waals surface area contributed by atoms with Crippen LogP contribution < -0.4 is 4.74 Å². The van der Waals surface area contributed by atoms with E-state index in [0.29, 0.717) is 12.8 Å². The Hall–Kier alpha value is -1.47. The molecule has 0 aliphatic carbocycles. The molecule has 1 atom stereocenters. The third-order valence-corrected chi connectivity index (χ3v) is 3.61. The summed E-state index contributed by atoms with van der Waals surface area (Å²) in [5.41, 5.74) is -4.46. The van der Waals surface area contributed by atoms with E-state index in [4.69, 9.17) is 4.74 Å². The molecule has 8 heteroatoms. The zero-order valence-corrected chi connectivity index (χ0v) is 13.3. The molecular weight excluding hydrogens is 341 g/mol. The molecule has 0 N–H and O–H groups in total. The van der Waals surface area contributed by atoms with Crippen LogP contribution in [-0.4, -0.2) is 24.1 Å². The van der Waals surface area contributed by atoms with Gasteiger partial charge in [0, 0.05) is 6.42 Å². The molecule has 0 saturated heterocycles. The van der Waals surface area contributed by atoms with E-state index in [1.165, 1.54) is 12.1 Å². The molecule has 0 heterocycles. The SMILES string of the molecule is CCCCC(CC(F)(C(F)(F)F)C(F)(F)F)Oc1ccc(C)cc1. The number of benzene rings is 1. The highest BCUT2D eigenvalue weighted by Gasteiger charge is 2.72. The molecule has 0 radical (unpaired) electrons. The molecule has 0 saturated carbocycles. The van der Waals surface area contributed by atoms with E-state index < -0.39 is 30.5 Å². The second-order valence-electron chi connectivity index (χ2n) is 5.70. The first-order valence-electron chi connectivity index (χ1n) is 7.46. The van der Waals surface area contributed by atoms with Gasteiger partial charge in [-0.05, 0) is 25.5 Å². The second kappa shape index (κ2) is 7.61. The van der Waals surface area contributed by atoms with Crippen LogP contribution in [0.15, 0.2) is 24.3 Å². The highest BCUT2D eigenvalue weighted by Crippen LogP contribution is 2.49. The number of halogens is 7. The largest absolute Gasteiger partial charge is 0.490 e. The smallest absolute Gasteiger partial charge is 0.431 e. The van der Waals surface area contributed by atoms with Crippen LogP contribution in [0.3, 0.4) is 0 Å². The van der Waals surface area contributed by atoms with Crippen molar-refractivity contribution in [2.45, 2.75) is 63.7 Å². The van der Waals surface area contributed by atoms with Crippen LogP contribution in [0.2, 0.25) is 0 Å². The summed E-state index contributed by atoms with van der Waals surface area (Å²) in [6.07, 6.45) is -14.7. The number of aryl methyl sites for hydroxylation is 1. The van der Waals surface area contributed by atoms with Gasteiger partial charge in [0.1, 0.15) is 11.9 Å². The lowest BCUT2D eigenvalue weighted by Crippen LogP contribution is -2.55. The first kappa shape index (κ1) is 20.6. The molecule has 0 fully saturated rings. The third kappa shape index (κ3) is 5.01. The van der Waals surface area contributed by atoms with Crippen molar-refractivity contribution < 1.29 is 35.5 Å². The highest BCUT2D eigenvalue weighted by atomic mass is 19.4. The lowest BCUT2D eigenvalue weighted by molar-refractivity contribution is -0.347. The first-order valence-corrected chi connectivity index (χ1v) is 7.46. The summed E-state index contributed by atoms with van der Waals surface area (Å²) in [5, 5.41) is 0. The Morgan fingerprint density at radius 3 is 1.83 bits per heavy atom. The molecule has 0 aliphatic heterocycles. The maximum absolute atomic E-state index is 13.9. The maximum Gasteiger partial charge on any atom is 0.431 e. The van der Waals surface area contributed by atoms with E-state index in [9.17, 15) is 30.7 Å². The minimum absolute atomic E-state index is 0.105. The topological polar surface area (TPSA) is 9.23 Å². The molecule has 1 unspecified atom stereocenters. The van der Waals surface area contributed by atoms with Gasteiger partial charge in [0.15, 0.2) is 0 Å². The molecule has 138 valence electrons. The number of alkyl halides is 7. The molecule has 1 aromatic rings. The molecule has 0 amide bonds. The van der Waals surface area contributed by atoms with Crippen molar-refractivity contribution in [2.24, 2.45) is 0 Å². The lowest BCUT2D eigenvalue weighted by Gasteiger charge is -2.33. The third-order valence-electron chi connectivity index (χ3n) is 3.61. The zero-order chi connectivity index (χ0) is 18.6. The van der Waals surface area contributed by atoms with Crippen molar-refractivity contribution in [3.8, 4) is 5.75 Å². The summed E-state index contributed by atoms with van der Waals surface area (Å²) in [5.74, 6) is 0.105. The number of hydrogen-bond donors (Lipinski definition) is 0. The van der Waals surface area contributed by atoms with Gasteiger partial charge in [-0.25, -0.2) is 4.39 Å². The predicted octanol–water partition coefficient (Wildman–Crippen LogP) is 6.16. The van der Waals surface area contributed by atoms with Crippen molar-refractivity contribution in [1.82, 2.24) is 0 Å². The zero-order valence-electron chi connectivity index (χ0n) is 13.3. The number of ether oxygens (including phenoxy) is 1. The maximum atomic E-state index is 13.9. The van der Waals surface area contributed by atoms with E-state index in [1.54, 1.807) is 26.0 Å². The van der Waals surface area contributed by atoms with E-state index in [1.807, 2.05) is 0 Å². The molecule has 1 nitrogen and oxygen atoms in total. The van der Waals surface area contributed by atoms with Crippen LogP contribution in [0.1, 0.15) is 38.2 Å². The standard InChI is InChI=1S/C16H19F7O/c1-3-4-5-13(24-12-8-6-11(2)7-9-12)10-14(17,15(18,19)20)16(21,22)23/h6-9,13H,3-5,10H2,1-2H3. The van der Waals surface area contributed by atoms with Crippen molar-refractivity contribution in [2.75, 3.05) is 0 Å². The van der Waals surface area contributed by atoms with Gasteiger partial charge >= 0.3 is 18.0 Å². The Bertz CT molecular complexity index is 491. The second-order valence-corrected chi connectivity index (χ2v) is 5.70. The van der Waals surface area contributed by atoms with Gasteiger partial charge in [0.05, 0.1) is 0 Å². The number of unbranched alkanes of at least 4 members (excludes halogenated alkanes) is 1. The quantitative estimate of drug-likeness (QED) is 0.530. The number of rotatable bonds is 7. The van der Waals surface area contributed by atoms with Gasteiger partial charge in [0.25, 0.3) is 0 Å². The summed E-state index contributed by atoms with van der Waals surface area (Å²) in [4.78, 5) is 0. The van der Waals surface area contributed by atoms with Crippen LogP contribution >= 0.6 is 0 Å². The summed E-state index contributed by atoms with van der Waals surface area (Å²) in [6, 6.07) is 6.05. The number of hydrogen-bond acceptors (Lipinski definition) is 1. The van der Waals surface area contributed by atoms with Crippen LogP contribution in [0.5, 0.6) is 5.75 Å². The summed E-state index contributed by atoms with van der Waals surface area (Å²) in [6.45, 7) is 3.48. The Labute approximate surface area is 135 Å². The van der Waals surface area contributed by atoms with Crippen molar-refractivity contribution in [3.05, 3.63) is 29.8 Å². The Balaban J connectivity index is 3.03. The Morgan fingerprint density at radius 2 is 1.42 bits per heavy atom.